The number of piperidine rings is 2. The molecule has 2 amide bonds. The SMILES string of the molecule is CCCN1CCC[C@@H]2Cc3c(ccc(C)c3OC(=O)Nc3cccc(C[C@H](N)C(=O)OCc4ccccc4)c3)C[C@H]21.CCCN1CCC[C@@H]2Cc3c(ccc(O)c3OC(=O)Nc3cccc(CCN)c3)C[C@H]21.O=C=O. The number of nitrogens with one attached hydrogen (secondary N) is 2. The first-order valence-corrected chi connectivity index (χ1v) is 26.7. The molecule has 398 valence electrons. The predicted octanol–water partition coefficient (Wildman–Crippen LogP) is 9.32. The number of benzene rings is 5. The number of hydrogen-bond donors (Lipinski definition) is 5. The molecule has 75 heavy (non-hydrogen) atoms. The van der Waals surface area contributed by atoms with Gasteiger partial charge in [-0.25, -0.2) is 9.59 Å². The van der Waals surface area contributed by atoms with Crippen LogP contribution in [0.4, 0.5) is 21.0 Å². The van der Waals surface area contributed by atoms with Gasteiger partial charge in [0.25, 0.3) is 0 Å². The molecule has 2 saturated heterocycles. The maximum atomic E-state index is 13.1. The highest BCUT2D eigenvalue weighted by Crippen LogP contribution is 2.43. The van der Waals surface area contributed by atoms with Crippen LogP contribution in [0.15, 0.2) is 103 Å². The summed E-state index contributed by atoms with van der Waals surface area (Å²) in [6, 6.07) is 32.6. The number of anilines is 2. The van der Waals surface area contributed by atoms with E-state index < -0.39 is 24.2 Å². The van der Waals surface area contributed by atoms with Gasteiger partial charge in [-0.15, -0.1) is 0 Å². The van der Waals surface area contributed by atoms with Gasteiger partial charge in [0.1, 0.15) is 18.4 Å². The van der Waals surface area contributed by atoms with E-state index in [9.17, 15) is 19.5 Å². The Bertz CT molecular complexity index is 2740. The van der Waals surface area contributed by atoms with Gasteiger partial charge >= 0.3 is 24.3 Å². The number of hydrogen-bond acceptors (Lipinski definition) is 13. The van der Waals surface area contributed by atoms with Gasteiger partial charge < -0.3 is 30.8 Å². The second kappa shape index (κ2) is 27.6. The van der Waals surface area contributed by atoms with Crippen LogP contribution < -0.4 is 31.6 Å². The topological polar surface area (TPSA) is 216 Å². The first-order valence-electron chi connectivity index (χ1n) is 26.7. The molecule has 2 heterocycles. The number of likely N-dealkylation sites (tertiary alicyclic amines) is 2. The van der Waals surface area contributed by atoms with Gasteiger partial charge in [-0.3, -0.25) is 25.2 Å². The molecule has 0 saturated carbocycles. The Hall–Kier alpha value is -6.87. The Morgan fingerprint density at radius 3 is 1.79 bits per heavy atom. The number of fused-ring (bicyclic) bond motifs is 4. The zero-order chi connectivity index (χ0) is 53.3. The summed E-state index contributed by atoms with van der Waals surface area (Å²) in [7, 11) is 0. The van der Waals surface area contributed by atoms with E-state index in [1.54, 1.807) is 12.1 Å². The quantitative estimate of drug-likeness (QED) is 0.0619. The first kappa shape index (κ1) is 55.9. The van der Waals surface area contributed by atoms with E-state index in [4.69, 9.17) is 35.3 Å². The highest BCUT2D eigenvalue weighted by atomic mass is 16.6. The van der Waals surface area contributed by atoms with Gasteiger partial charge in [0.05, 0.1) is 0 Å². The Labute approximate surface area is 441 Å². The number of aryl methyl sites for hydroxylation is 1. The molecule has 4 aliphatic rings. The number of ether oxygens (including phenoxy) is 3. The number of nitrogens with two attached hydrogens (primary N) is 2. The van der Waals surface area contributed by atoms with Crippen LogP contribution in [0.1, 0.15) is 96.9 Å². The third-order valence-corrected chi connectivity index (χ3v) is 14.9. The van der Waals surface area contributed by atoms with Crippen LogP contribution >= 0.6 is 0 Å². The van der Waals surface area contributed by atoms with Crippen molar-refractivity contribution in [2.75, 3.05) is 43.4 Å². The summed E-state index contributed by atoms with van der Waals surface area (Å²) in [5.41, 5.74) is 21.4. The summed E-state index contributed by atoms with van der Waals surface area (Å²) in [5, 5.41) is 16.1. The Kier molecular flexibility index (Phi) is 20.6. The van der Waals surface area contributed by atoms with Crippen LogP contribution in [0.25, 0.3) is 0 Å². The van der Waals surface area contributed by atoms with Crippen LogP contribution in [0.5, 0.6) is 17.2 Å². The normalized spacial score (nSPS) is 19.0. The number of phenols is 1. The van der Waals surface area contributed by atoms with Gasteiger partial charge in [0.15, 0.2) is 11.5 Å². The third-order valence-electron chi connectivity index (χ3n) is 14.9. The highest BCUT2D eigenvalue weighted by molar-refractivity contribution is 5.88. The average Bonchev–Trinajstić information content (AvgIpc) is 3.40. The van der Waals surface area contributed by atoms with E-state index >= 15 is 0 Å². The summed E-state index contributed by atoms with van der Waals surface area (Å²) in [6.07, 6.45) is 11.1. The first-order chi connectivity index (χ1) is 36.4. The Morgan fingerprint density at radius 1 is 0.693 bits per heavy atom. The fraction of sp³-hybridized carbons (Fsp3) is 0.433. The lowest BCUT2D eigenvalue weighted by Crippen LogP contribution is -2.49. The van der Waals surface area contributed by atoms with Crippen LogP contribution in [-0.4, -0.2) is 90.1 Å². The molecule has 5 atom stereocenters. The number of phenolic OH excluding ortho intramolecular Hbond substituents is 1. The molecule has 2 aliphatic carbocycles. The maximum absolute atomic E-state index is 13.1. The van der Waals surface area contributed by atoms with Gasteiger partial charge in [-0.1, -0.05) is 86.6 Å². The molecule has 0 spiro atoms. The molecule has 7 N–H and O–H groups in total. The molecule has 5 aromatic carbocycles. The fourth-order valence-corrected chi connectivity index (χ4v) is 11.5. The monoisotopic (exact) mass is 1020 g/mol. The summed E-state index contributed by atoms with van der Waals surface area (Å²) >= 11 is 0. The average molecular weight is 1020 g/mol. The van der Waals surface area contributed by atoms with Gasteiger partial charge in [0, 0.05) is 29.0 Å². The minimum absolute atomic E-state index is 0.0189. The van der Waals surface area contributed by atoms with Crippen molar-refractivity contribution >= 4 is 35.7 Å². The summed E-state index contributed by atoms with van der Waals surface area (Å²) in [6.45, 7) is 11.8. The fourth-order valence-electron chi connectivity index (χ4n) is 11.5. The minimum atomic E-state index is -0.809. The van der Waals surface area contributed by atoms with E-state index in [1.165, 1.54) is 55.3 Å². The number of amides is 2. The van der Waals surface area contributed by atoms with Crippen LogP contribution in [-0.2, 0) is 64.3 Å². The van der Waals surface area contributed by atoms with Crippen molar-refractivity contribution in [3.63, 3.8) is 0 Å². The van der Waals surface area contributed by atoms with Crippen molar-refractivity contribution in [2.45, 2.75) is 123 Å². The van der Waals surface area contributed by atoms with Crippen LogP contribution in [0, 0.1) is 18.8 Å². The van der Waals surface area contributed by atoms with Crippen molar-refractivity contribution in [1.82, 2.24) is 9.80 Å². The Balaban J connectivity index is 0.000000215. The second-order valence-corrected chi connectivity index (χ2v) is 20.2. The van der Waals surface area contributed by atoms with E-state index in [2.05, 4.69) is 46.4 Å². The Morgan fingerprint density at radius 2 is 1.21 bits per heavy atom. The van der Waals surface area contributed by atoms with Gasteiger partial charge in [-0.05, 0) is 198 Å². The molecule has 0 aromatic heterocycles. The lowest BCUT2D eigenvalue weighted by Gasteiger charge is -2.45. The van der Waals surface area contributed by atoms with Crippen LogP contribution in [0.2, 0.25) is 0 Å². The lowest BCUT2D eigenvalue weighted by molar-refractivity contribution is -0.191. The molecule has 2 fully saturated rings. The number of rotatable bonds is 15. The zero-order valence-corrected chi connectivity index (χ0v) is 43.7. The van der Waals surface area contributed by atoms with Crippen molar-refractivity contribution < 1.29 is 43.3 Å². The molecule has 15 nitrogen and oxygen atoms in total. The molecule has 2 aliphatic heterocycles. The predicted molar refractivity (Wildman–Crippen MR) is 289 cm³/mol. The molecule has 0 bridgehead atoms. The number of carbonyl (C=O) groups is 3. The summed E-state index contributed by atoms with van der Waals surface area (Å²) in [5.74, 6) is 1.67. The molecule has 9 rings (SSSR count). The molecule has 5 aromatic rings. The maximum Gasteiger partial charge on any atom is 0.417 e. The van der Waals surface area contributed by atoms with Gasteiger partial charge in [0.2, 0.25) is 0 Å². The number of nitrogens with zero attached hydrogens (tertiary/aromatic N) is 2. The standard InChI is InChI=1S/C34H41N3O4.C25H33N3O3.CO2/c1-3-16-37-17-8-12-27-20-29-26(21-31(27)37)15-14-23(2)32(29)41-34(39)36-28-13-7-11-25(18-28)19-30(35)33(38)40-22-24-9-5-4-6-10-24;1-2-12-28-13-4-6-19-15-21-18(16-22(19)28)8-9-23(29)24(21)31-25(30)27-20-7-3-5-17(14-20)10-11-26;2-1-3/h4-7,9-11,13-15,18,27,30-31H,3,8,12,16-17,19-22,35H2,1-2H3,(H,36,39);3,5,7-9,14,19,22,29H,2,4,6,10-13,15-16,26H2,1H3,(H,27,30);/t27-,30+,31-;19-,22-;/m11./s1. The molecular formula is C60H74N6O9. The van der Waals surface area contributed by atoms with Crippen molar-refractivity contribution in [3.05, 3.63) is 148 Å². The molecular weight excluding hydrogens is 949 g/mol. The van der Waals surface area contributed by atoms with Crippen molar-refractivity contribution in [1.29, 1.82) is 0 Å². The third kappa shape index (κ3) is 15.1. The van der Waals surface area contributed by atoms with Gasteiger partial charge in [-0.2, -0.15) is 9.59 Å². The van der Waals surface area contributed by atoms with Crippen molar-refractivity contribution in [3.8, 4) is 17.2 Å². The summed E-state index contributed by atoms with van der Waals surface area (Å²) < 4.78 is 17.0. The minimum Gasteiger partial charge on any atom is -0.504 e. The number of aromatic hydroxyl groups is 1. The van der Waals surface area contributed by atoms with E-state index in [-0.39, 0.29) is 18.5 Å². The lowest BCUT2D eigenvalue weighted by atomic mass is 9.74. The van der Waals surface area contributed by atoms with Crippen LogP contribution in [0.3, 0.4) is 0 Å². The highest BCUT2D eigenvalue weighted by Gasteiger charge is 2.38. The van der Waals surface area contributed by atoms with Crippen molar-refractivity contribution in [2.24, 2.45) is 23.3 Å². The number of carbonyl (C=O) groups excluding carboxylic acids is 5. The second-order valence-electron chi connectivity index (χ2n) is 20.2. The zero-order valence-electron chi connectivity index (χ0n) is 43.7. The van der Waals surface area contributed by atoms with E-state index in [0.717, 1.165) is 86.0 Å². The number of esters is 1. The molecule has 0 radical (unpaired) electrons. The largest absolute Gasteiger partial charge is 0.504 e. The smallest absolute Gasteiger partial charge is 0.417 e. The van der Waals surface area contributed by atoms with E-state index in [1.807, 2.05) is 85.8 Å². The molecule has 0 unspecified atom stereocenters. The molecule has 15 heteroatoms. The summed E-state index contributed by atoms with van der Waals surface area (Å²) in [4.78, 5) is 59.7. The van der Waals surface area contributed by atoms with E-state index in [0.29, 0.717) is 59.8 Å².